The second-order valence-electron chi connectivity index (χ2n) is 19.6. The van der Waals surface area contributed by atoms with Crippen molar-refractivity contribution in [2.45, 2.75) is 84.7 Å². The maximum atomic E-state index is 13.9. The van der Waals surface area contributed by atoms with Gasteiger partial charge in [0.15, 0.2) is 0 Å². The van der Waals surface area contributed by atoms with E-state index in [0.29, 0.717) is 23.4 Å². The first-order valence-electron chi connectivity index (χ1n) is 25.8. The van der Waals surface area contributed by atoms with E-state index in [9.17, 15) is 35.1 Å². The number of fused-ring (bicyclic) bond motifs is 4. The Bertz CT molecular complexity index is 3800. The molecule has 0 unspecified atom stereocenters. The van der Waals surface area contributed by atoms with Crippen molar-refractivity contribution in [1.29, 1.82) is 0 Å². The summed E-state index contributed by atoms with van der Waals surface area (Å²) in [5, 5.41) is 2.03. The van der Waals surface area contributed by atoms with Gasteiger partial charge in [0.25, 0.3) is 0 Å². The average Bonchev–Trinajstić information content (AvgIpc) is 4.16. The van der Waals surface area contributed by atoms with E-state index < -0.39 is 46.9 Å². The zero-order valence-electron chi connectivity index (χ0n) is 45.6. The molecule has 10 aromatic rings. The Balaban J connectivity index is 0.000000288. The van der Waals surface area contributed by atoms with E-state index in [1.165, 1.54) is 0 Å². The van der Waals surface area contributed by atoms with E-state index in [-0.39, 0.29) is 55.7 Å². The van der Waals surface area contributed by atoms with Crippen molar-refractivity contribution in [3.63, 3.8) is 0 Å². The standard InChI is InChI=1S/C48H45N2O.C14H6F8N.Ir/c1-30(2)40-26-36(34-22-20-32(21-23-34)29-48(5,6)7)27-41(31(3)4)45(40)50-43-19-12-11-18-42(43)49-47(50)39-17-13-16-38-37-25-24-35(28-44(37)51-46(38)39)33-14-9-8-10-15-33;15-10-3-1-8(2-4-10)11-7-9(5-6-23-11)12(16,13(17,18)19)14(20,21)22;/h8-16,18-28,30-31H,29H2,1-7H3;1,3-7H;/q2*-1;/i22D,23D,29D2;;. The van der Waals surface area contributed by atoms with Crippen LogP contribution in [0.15, 0.2) is 162 Å². The third kappa shape index (κ3) is 10.8. The summed E-state index contributed by atoms with van der Waals surface area (Å²) in [5.74, 6) is 0.153. The monoisotopic (exact) mass is 1200 g/mol. The van der Waals surface area contributed by atoms with Crippen molar-refractivity contribution in [3.8, 4) is 50.6 Å². The number of hydrogen-bond donors (Lipinski definition) is 0. The molecule has 0 fully saturated rings. The van der Waals surface area contributed by atoms with Gasteiger partial charge in [0.1, 0.15) is 5.58 Å². The Hall–Kier alpha value is -6.95. The zero-order chi connectivity index (χ0) is 56.4. The van der Waals surface area contributed by atoms with Gasteiger partial charge in [-0.25, -0.2) is 4.39 Å². The largest absolute Gasteiger partial charge is 0.501 e. The molecule has 4 nitrogen and oxygen atoms in total. The van der Waals surface area contributed by atoms with Crippen LogP contribution in [0.4, 0.5) is 35.1 Å². The van der Waals surface area contributed by atoms with Gasteiger partial charge >= 0.3 is 18.0 Å². The molecule has 3 heterocycles. The van der Waals surface area contributed by atoms with Gasteiger partial charge in [0, 0.05) is 51.5 Å². The minimum atomic E-state index is -6.21. The van der Waals surface area contributed by atoms with Crippen LogP contribution in [0.5, 0.6) is 0 Å². The summed E-state index contributed by atoms with van der Waals surface area (Å²) in [6, 6.07) is 45.8. The van der Waals surface area contributed by atoms with Gasteiger partial charge in [-0.2, -0.15) is 26.3 Å². The Morgan fingerprint density at radius 1 is 0.680 bits per heavy atom. The minimum Gasteiger partial charge on any atom is -0.501 e. The molecular weight excluding hydrogens is 1150 g/mol. The van der Waals surface area contributed by atoms with Crippen LogP contribution in [0.25, 0.3) is 83.6 Å². The van der Waals surface area contributed by atoms with E-state index in [2.05, 4.69) is 104 Å². The van der Waals surface area contributed by atoms with Crippen LogP contribution >= 0.6 is 0 Å². The van der Waals surface area contributed by atoms with Gasteiger partial charge in [-0.15, -0.1) is 48.0 Å². The zero-order valence-corrected chi connectivity index (χ0v) is 44.0. The fraction of sp³-hybridized carbons (Fsp3) is 0.226. The molecule has 0 aliphatic heterocycles. The second kappa shape index (κ2) is 21.0. The number of furan rings is 1. The topological polar surface area (TPSA) is 43.9 Å². The van der Waals surface area contributed by atoms with E-state index in [1.807, 2.05) is 63.2 Å². The quantitative estimate of drug-likeness (QED) is 0.107. The Kier molecular flexibility index (Phi) is 13.7. The molecule has 1 radical (unpaired) electrons. The minimum absolute atomic E-state index is 0. The summed E-state index contributed by atoms with van der Waals surface area (Å²) < 4.78 is 148. The van der Waals surface area contributed by atoms with Crippen LogP contribution < -0.4 is 0 Å². The summed E-state index contributed by atoms with van der Waals surface area (Å²) >= 11 is 0. The number of alkyl halides is 7. The summed E-state index contributed by atoms with van der Waals surface area (Å²) in [4.78, 5) is 8.84. The van der Waals surface area contributed by atoms with Gasteiger partial charge < -0.3 is 14.0 Å². The van der Waals surface area contributed by atoms with Crippen LogP contribution in [-0.4, -0.2) is 26.9 Å². The van der Waals surface area contributed by atoms with E-state index in [1.54, 1.807) is 12.1 Å². The fourth-order valence-corrected chi connectivity index (χ4v) is 9.00. The molecule has 0 atom stereocenters. The third-order valence-corrected chi connectivity index (χ3v) is 12.5. The molecule has 387 valence electrons. The summed E-state index contributed by atoms with van der Waals surface area (Å²) in [7, 11) is 0. The maximum Gasteiger partial charge on any atom is 0.435 e. The number of pyridine rings is 1. The van der Waals surface area contributed by atoms with Crippen LogP contribution in [-0.2, 0) is 32.1 Å². The molecule has 0 saturated heterocycles. The van der Waals surface area contributed by atoms with Gasteiger partial charge in [-0.05, 0) is 105 Å². The average molecular weight is 1200 g/mol. The fourth-order valence-electron chi connectivity index (χ4n) is 9.00. The molecule has 0 N–H and O–H groups in total. The molecule has 0 amide bonds. The number of nitrogens with zero attached hydrogens (tertiary/aromatic N) is 3. The molecule has 0 spiro atoms. The predicted molar refractivity (Wildman–Crippen MR) is 278 cm³/mol. The van der Waals surface area contributed by atoms with Gasteiger partial charge in [0.05, 0.1) is 25.2 Å². The summed E-state index contributed by atoms with van der Waals surface area (Å²) in [5.41, 5.74) is 2.67. The number of halogens is 8. The first-order valence-corrected chi connectivity index (χ1v) is 23.8. The molecule has 75 heavy (non-hydrogen) atoms. The second-order valence-corrected chi connectivity index (χ2v) is 19.6. The Labute approximate surface area is 449 Å². The molecule has 7 aromatic carbocycles. The van der Waals surface area contributed by atoms with Crippen LogP contribution in [0.1, 0.15) is 88.0 Å². The summed E-state index contributed by atoms with van der Waals surface area (Å²) in [6.07, 6.45) is -13.5. The van der Waals surface area contributed by atoms with Crippen molar-refractivity contribution in [2.75, 3.05) is 0 Å². The number of rotatable bonds is 9. The normalized spacial score (nSPS) is 13.3. The van der Waals surface area contributed by atoms with Crippen molar-refractivity contribution >= 4 is 33.0 Å². The van der Waals surface area contributed by atoms with Crippen LogP contribution in [0.2, 0.25) is 0 Å². The van der Waals surface area contributed by atoms with Crippen LogP contribution in [0, 0.1) is 23.4 Å². The van der Waals surface area contributed by atoms with Gasteiger partial charge in [0.2, 0.25) is 0 Å². The number of imidazole rings is 1. The summed E-state index contributed by atoms with van der Waals surface area (Å²) in [6.45, 7) is 14.2. The maximum absolute atomic E-state index is 13.9. The van der Waals surface area contributed by atoms with Gasteiger partial charge in [-0.3, -0.25) is 9.37 Å². The Morgan fingerprint density at radius 2 is 1.33 bits per heavy atom. The Morgan fingerprint density at radius 3 is 1.95 bits per heavy atom. The smallest absolute Gasteiger partial charge is 0.435 e. The van der Waals surface area contributed by atoms with Crippen molar-refractivity contribution < 1.29 is 65.1 Å². The molecule has 0 aliphatic carbocycles. The van der Waals surface area contributed by atoms with Crippen LogP contribution in [0.3, 0.4) is 0 Å². The van der Waals surface area contributed by atoms with E-state index in [4.69, 9.17) is 14.9 Å². The van der Waals surface area contributed by atoms with E-state index >= 15 is 0 Å². The van der Waals surface area contributed by atoms with Gasteiger partial charge in [-0.1, -0.05) is 144 Å². The van der Waals surface area contributed by atoms with E-state index in [0.717, 1.165) is 96.1 Å². The molecule has 13 heteroatoms. The molecular formula is C62H51F8IrN3O-2. The molecule has 0 bridgehead atoms. The van der Waals surface area contributed by atoms with Crippen molar-refractivity contribution in [2.24, 2.45) is 5.41 Å². The van der Waals surface area contributed by atoms with Crippen molar-refractivity contribution in [3.05, 3.63) is 198 Å². The molecule has 3 aromatic heterocycles. The number of para-hydroxylation sites is 2. The number of aromatic nitrogens is 3. The molecule has 0 aliphatic rings. The first-order chi connectivity index (χ1) is 36.6. The predicted octanol–water partition coefficient (Wildman–Crippen LogP) is 18.5. The first kappa shape index (κ1) is 49.0. The number of benzene rings is 7. The molecule has 10 rings (SSSR count). The SMILES string of the molecule is Fc1c[c-]c(-c2cc(C(F)(C(F)(F)F)C(F)(F)F)ccn2)cc1.[2H]c1cc(C([2H])([2H])C(C)(C)C)cc([2H])c1-c1cc(C(C)C)c(-n2c(-c3[c-]ccc4c3oc3cc(-c5ccccc5)ccc34)nc3ccccc32)c(C(C)C)c1.[Ir]. The molecule has 0 saturated carbocycles. The van der Waals surface area contributed by atoms with Crippen molar-refractivity contribution in [1.82, 2.24) is 14.5 Å². The number of hydrogen-bond acceptors (Lipinski definition) is 3. The third-order valence-electron chi connectivity index (χ3n) is 12.5.